The summed E-state index contributed by atoms with van der Waals surface area (Å²) in [7, 11) is 0. The van der Waals surface area contributed by atoms with Crippen molar-refractivity contribution in [1.29, 1.82) is 0 Å². The van der Waals surface area contributed by atoms with Crippen LogP contribution in [-0.2, 0) is 37.4 Å². The van der Waals surface area contributed by atoms with Gasteiger partial charge in [0.15, 0.2) is 5.82 Å². The summed E-state index contributed by atoms with van der Waals surface area (Å²) in [4.78, 5) is 14.4. The smallest absolute Gasteiger partial charge is 0.242 e. The molecule has 0 saturated carbocycles. The van der Waals surface area contributed by atoms with Crippen LogP contribution in [0.15, 0.2) is 28.7 Å². The van der Waals surface area contributed by atoms with E-state index in [4.69, 9.17) is 4.42 Å². The van der Waals surface area contributed by atoms with Crippen molar-refractivity contribution in [2.75, 3.05) is 6.54 Å². The Labute approximate surface area is 155 Å². The lowest BCUT2D eigenvalue weighted by Crippen LogP contribution is -2.33. The number of carbonyl (C=O) groups excluding carboxylic acids is 1. The van der Waals surface area contributed by atoms with Crippen molar-refractivity contribution in [2.45, 2.75) is 39.5 Å². The van der Waals surface area contributed by atoms with Gasteiger partial charge in [0.1, 0.15) is 6.54 Å². The highest BCUT2D eigenvalue weighted by molar-refractivity contribution is 5.75. The van der Waals surface area contributed by atoms with E-state index >= 15 is 0 Å². The third kappa shape index (κ3) is 4.17. The van der Waals surface area contributed by atoms with Gasteiger partial charge in [-0.2, -0.15) is 0 Å². The topological polar surface area (TPSA) is 115 Å². The van der Waals surface area contributed by atoms with E-state index in [9.17, 15) is 4.79 Å². The molecule has 1 aliphatic rings. The summed E-state index contributed by atoms with van der Waals surface area (Å²) in [5.41, 5.74) is 2.72. The van der Waals surface area contributed by atoms with E-state index in [1.165, 1.54) is 15.8 Å². The number of tetrazole rings is 1. The van der Waals surface area contributed by atoms with Gasteiger partial charge in [-0.3, -0.25) is 9.69 Å². The number of aromatic nitrogens is 6. The second-order valence-corrected chi connectivity index (χ2v) is 6.47. The fourth-order valence-corrected chi connectivity index (χ4v) is 3.12. The van der Waals surface area contributed by atoms with Crippen molar-refractivity contribution >= 4 is 5.91 Å². The van der Waals surface area contributed by atoms with Crippen molar-refractivity contribution in [3.8, 4) is 0 Å². The van der Waals surface area contributed by atoms with E-state index in [0.717, 1.165) is 19.5 Å². The summed E-state index contributed by atoms with van der Waals surface area (Å²) >= 11 is 0. The molecule has 3 aromatic rings. The van der Waals surface area contributed by atoms with Crippen molar-refractivity contribution < 1.29 is 9.21 Å². The molecule has 4 rings (SSSR count). The Morgan fingerprint density at radius 2 is 2.07 bits per heavy atom. The number of hydrogen-bond donors (Lipinski definition) is 1. The van der Waals surface area contributed by atoms with Crippen LogP contribution in [0.2, 0.25) is 0 Å². The summed E-state index contributed by atoms with van der Waals surface area (Å²) in [5, 5.41) is 22.0. The van der Waals surface area contributed by atoms with Gasteiger partial charge in [-0.1, -0.05) is 24.3 Å². The number of amides is 1. The summed E-state index contributed by atoms with van der Waals surface area (Å²) in [6.07, 6.45) is 1.00. The molecule has 1 N–H and O–H groups in total. The predicted octanol–water partition coefficient (Wildman–Crippen LogP) is 0.239. The Morgan fingerprint density at radius 3 is 2.89 bits per heavy atom. The molecule has 0 radical (unpaired) electrons. The van der Waals surface area contributed by atoms with Crippen LogP contribution in [0.5, 0.6) is 0 Å². The third-order valence-corrected chi connectivity index (χ3v) is 4.48. The molecule has 1 aromatic carbocycles. The maximum Gasteiger partial charge on any atom is 0.242 e. The summed E-state index contributed by atoms with van der Waals surface area (Å²) in [5.74, 6) is 1.27. The maximum absolute atomic E-state index is 12.2. The van der Waals surface area contributed by atoms with Gasteiger partial charge in [0.05, 0.1) is 13.1 Å². The number of fused-ring (bicyclic) bond motifs is 1. The van der Waals surface area contributed by atoms with Gasteiger partial charge in [-0.25, -0.2) is 4.68 Å². The Morgan fingerprint density at radius 1 is 1.22 bits per heavy atom. The molecule has 3 heterocycles. The zero-order valence-electron chi connectivity index (χ0n) is 15.0. The second-order valence-electron chi connectivity index (χ2n) is 6.47. The second kappa shape index (κ2) is 7.62. The van der Waals surface area contributed by atoms with E-state index in [-0.39, 0.29) is 19.0 Å². The molecule has 1 aliphatic heterocycles. The zero-order valence-corrected chi connectivity index (χ0v) is 15.0. The van der Waals surface area contributed by atoms with Crippen LogP contribution in [0.3, 0.4) is 0 Å². The molecule has 0 bridgehead atoms. The van der Waals surface area contributed by atoms with E-state index in [1.807, 2.05) is 0 Å². The van der Waals surface area contributed by atoms with E-state index in [2.05, 4.69) is 60.2 Å². The van der Waals surface area contributed by atoms with Crippen LogP contribution in [0.1, 0.15) is 28.7 Å². The first-order valence-corrected chi connectivity index (χ1v) is 8.77. The fourth-order valence-electron chi connectivity index (χ4n) is 3.12. The molecule has 27 heavy (non-hydrogen) atoms. The average molecular weight is 368 g/mol. The molecule has 0 saturated heterocycles. The number of carbonyl (C=O) groups is 1. The Kier molecular flexibility index (Phi) is 4.88. The molecule has 10 nitrogen and oxygen atoms in total. The minimum Gasteiger partial charge on any atom is -0.424 e. The molecule has 2 aromatic heterocycles. The SMILES string of the molecule is Cc1nnc(CNC(=O)Cn2nnnc2CN2CCc3ccccc3C2)o1. The zero-order chi connectivity index (χ0) is 18.6. The Bertz CT molecular complexity index is 934. The van der Waals surface area contributed by atoms with Gasteiger partial charge in [0.25, 0.3) is 0 Å². The molecule has 0 spiro atoms. The highest BCUT2D eigenvalue weighted by Gasteiger charge is 2.19. The van der Waals surface area contributed by atoms with E-state index in [0.29, 0.717) is 24.2 Å². The molecule has 10 heteroatoms. The quantitative estimate of drug-likeness (QED) is 0.658. The van der Waals surface area contributed by atoms with E-state index < -0.39 is 0 Å². The standard InChI is InChI=1S/C17H20N8O2/c1-12-19-21-17(27-12)8-18-16(26)11-25-15(20-22-23-25)10-24-7-6-13-4-2-3-5-14(13)9-24/h2-5H,6-11H2,1H3,(H,18,26). The number of hydrogen-bond acceptors (Lipinski definition) is 8. The number of rotatable bonds is 6. The van der Waals surface area contributed by atoms with Crippen molar-refractivity contribution in [1.82, 2.24) is 40.6 Å². The maximum atomic E-state index is 12.2. The van der Waals surface area contributed by atoms with Gasteiger partial charge in [0, 0.05) is 20.0 Å². The molecule has 1 amide bonds. The largest absolute Gasteiger partial charge is 0.424 e. The van der Waals surface area contributed by atoms with Crippen molar-refractivity contribution in [3.05, 3.63) is 53.0 Å². The lowest BCUT2D eigenvalue weighted by atomic mass is 10.00. The van der Waals surface area contributed by atoms with Crippen LogP contribution in [0, 0.1) is 6.92 Å². The first kappa shape index (κ1) is 17.3. The lowest BCUT2D eigenvalue weighted by Gasteiger charge is -2.28. The van der Waals surface area contributed by atoms with Crippen LogP contribution in [-0.4, -0.2) is 47.8 Å². The molecular weight excluding hydrogens is 348 g/mol. The molecule has 0 aliphatic carbocycles. The average Bonchev–Trinajstić information content (AvgIpc) is 3.29. The molecule has 0 fully saturated rings. The lowest BCUT2D eigenvalue weighted by molar-refractivity contribution is -0.122. The Balaban J connectivity index is 1.33. The highest BCUT2D eigenvalue weighted by atomic mass is 16.4. The van der Waals surface area contributed by atoms with Gasteiger partial charge >= 0.3 is 0 Å². The monoisotopic (exact) mass is 368 g/mol. The molecular formula is C17H20N8O2. The molecule has 140 valence electrons. The predicted molar refractivity (Wildman–Crippen MR) is 93.0 cm³/mol. The van der Waals surface area contributed by atoms with E-state index in [1.54, 1.807) is 6.92 Å². The number of nitrogens with one attached hydrogen (secondary N) is 1. The van der Waals surface area contributed by atoms with Crippen LogP contribution >= 0.6 is 0 Å². The minimum absolute atomic E-state index is 0.0415. The van der Waals surface area contributed by atoms with Gasteiger partial charge in [-0.05, 0) is 28.0 Å². The first-order chi connectivity index (χ1) is 13.2. The third-order valence-electron chi connectivity index (χ3n) is 4.48. The van der Waals surface area contributed by atoms with Crippen LogP contribution in [0.4, 0.5) is 0 Å². The normalized spacial score (nSPS) is 14.1. The number of nitrogens with zero attached hydrogens (tertiary/aromatic N) is 7. The summed E-state index contributed by atoms with van der Waals surface area (Å²) in [6, 6.07) is 8.45. The number of benzene rings is 1. The first-order valence-electron chi connectivity index (χ1n) is 8.77. The molecule has 0 unspecified atom stereocenters. The summed E-state index contributed by atoms with van der Waals surface area (Å²) < 4.78 is 6.75. The van der Waals surface area contributed by atoms with Gasteiger partial charge in [-0.15, -0.1) is 15.3 Å². The molecule has 0 atom stereocenters. The van der Waals surface area contributed by atoms with Crippen LogP contribution < -0.4 is 5.32 Å². The highest BCUT2D eigenvalue weighted by Crippen LogP contribution is 2.19. The van der Waals surface area contributed by atoms with Gasteiger partial charge < -0.3 is 9.73 Å². The number of aryl methyl sites for hydroxylation is 1. The van der Waals surface area contributed by atoms with Crippen molar-refractivity contribution in [2.24, 2.45) is 0 Å². The fraction of sp³-hybridized carbons (Fsp3) is 0.412. The van der Waals surface area contributed by atoms with Gasteiger partial charge in [0.2, 0.25) is 17.7 Å². The summed E-state index contributed by atoms with van der Waals surface area (Å²) in [6.45, 7) is 4.31. The Hall–Kier alpha value is -3.14. The minimum atomic E-state index is -0.219. The van der Waals surface area contributed by atoms with Crippen molar-refractivity contribution in [3.63, 3.8) is 0 Å². The van der Waals surface area contributed by atoms with Crippen LogP contribution in [0.25, 0.3) is 0 Å².